The molecule has 0 fully saturated rings. The maximum atomic E-state index is 12.6. The number of hydrogen-bond acceptors (Lipinski definition) is 4. The SMILES string of the molecule is O=C(C=Cc1cnc2ccccc2n1)NC(c1ccc(Cl)cc1)c1cccs1. The molecule has 0 aliphatic heterocycles. The fraction of sp³-hybridized carbons (Fsp3) is 0.0455. The molecule has 4 rings (SSSR count). The number of rotatable bonds is 5. The van der Waals surface area contributed by atoms with Crippen LogP contribution in [0.2, 0.25) is 5.02 Å². The zero-order valence-corrected chi connectivity index (χ0v) is 16.3. The summed E-state index contributed by atoms with van der Waals surface area (Å²) in [6.45, 7) is 0. The quantitative estimate of drug-likeness (QED) is 0.460. The van der Waals surface area contributed by atoms with Crippen LogP contribution in [0.25, 0.3) is 17.1 Å². The molecule has 0 bridgehead atoms. The third-order valence-electron chi connectivity index (χ3n) is 4.19. The molecule has 0 saturated heterocycles. The Morgan fingerprint density at radius 3 is 2.57 bits per heavy atom. The van der Waals surface area contributed by atoms with Crippen molar-refractivity contribution in [3.63, 3.8) is 0 Å². The van der Waals surface area contributed by atoms with E-state index in [0.717, 1.165) is 21.5 Å². The highest BCUT2D eigenvalue weighted by Crippen LogP contribution is 2.27. The first-order valence-electron chi connectivity index (χ1n) is 8.68. The number of halogens is 1. The van der Waals surface area contributed by atoms with E-state index in [1.54, 1.807) is 23.6 Å². The van der Waals surface area contributed by atoms with E-state index in [0.29, 0.717) is 10.7 Å². The zero-order chi connectivity index (χ0) is 19.3. The monoisotopic (exact) mass is 405 g/mol. The Labute approximate surface area is 171 Å². The smallest absolute Gasteiger partial charge is 0.244 e. The lowest BCUT2D eigenvalue weighted by Crippen LogP contribution is -2.27. The number of thiophene rings is 1. The van der Waals surface area contributed by atoms with Crippen LogP contribution in [0, 0.1) is 0 Å². The molecule has 2 heterocycles. The molecule has 1 N–H and O–H groups in total. The van der Waals surface area contributed by atoms with Crippen molar-refractivity contribution < 1.29 is 4.79 Å². The van der Waals surface area contributed by atoms with Crippen LogP contribution in [-0.2, 0) is 4.79 Å². The van der Waals surface area contributed by atoms with E-state index in [-0.39, 0.29) is 11.9 Å². The second-order valence-electron chi connectivity index (χ2n) is 6.13. The largest absolute Gasteiger partial charge is 0.341 e. The van der Waals surface area contributed by atoms with Gasteiger partial charge in [0.15, 0.2) is 0 Å². The van der Waals surface area contributed by atoms with E-state index >= 15 is 0 Å². The van der Waals surface area contributed by atoms with Gasteiger partial charge in [-0.15, -0.1) is 11.3 Å². The summed E-state index contributed by atoms with van der Waals surface area (Å²) in [5, 5.41) is 5.71. The van der Waals surface area contributed by atoms with Crippen molar-refractivity contribution in [1.29, 1.82) is 0 Å². The van der Waals surface area contributed by atoms with Gasteiger partial charge in [0.25, 0.3) is 0 Å². The number of para-hydroxylation sites is 2. The molecule has 0 saturated carbocycles. The van der Waals surface area contributed by atoms with E-state index < -0.39 is 0 Å². The second kappa shape index (κ2) is 8.33. The summed E-state index contributed by atoms with van der Waals surface area (Å²) in [5.41, 5.74) is 3.22. The molecular formula is C22H16ClN3OS. The van der Waals surface area contributed by atoms with Crippen LogP contribution in [0.3, 0.4) is 0 Å². The molecule has 0 spiro atoms. The molecule has 138 valence electrons. The standard InChI is InChI=1S/C22H16ClN3OS/c23-16-9-7-15(8-10-16)22(20-6-3-13-28-20)26-21(27)12-11-17-14-24-18-4-1-2-5-19(18)25-17/h1-14,22H,(H,26,27). The molecule has 1 unspecified atom stereocenters. The molecule has 2 aromatic heterocycles. The van der Waals surface area contributed by atoms with Gasteiger partial charge >= 0.3 is 0 Å². The van der Waals surface area contributed by atoms with E-state index in [2.05, 4.69) is 15.3 Å². The number of amides is 1. The van der Waals surface area contributed by atoms with Crippen molar-refractivity contribution in [3.05, 3.63) is 99.5 Å². The Kier molecular flexibility index (Phi) is 5.46. The van der Waals surface area contributed by atoms with E-state index in [4.69, 9.17) is 11.6 Å². The van der Waals surface area contributed by atoms with E-state index in [1.807, 2.05) is 66.0 Å². The highest BCUT2D eigenvalue weighted by Gasteiger charge is 2.16. The molecular weight excluding hydrogens is 390 g/mol. The lowest BCUT2D eigenvalue weighted by Gasteiger charge is -2.17. The fourth-order valence-corrected chi connectivity index (χ4v) is 3.76. The summed E-state index contributed by atoms with van der Waals surface area (Å²) in [5.74, 6) is -0.205. The molecule has 0 aliphatic rings. The lowest BCUT2D eigenvalue weighted by atomic mass is 10.1. The summed E-state index contributed by atoms with van der Waals surface area (Å²) in [6.07, 6.45) is 4.81. The number of aromatic nitrogens is 2. The molecule has 6 heteroatoms. The van der Waals surface area contributed by atoms with Crippen LogP contribution < -0.4 is 5.32 Å². The second-order valence-corrected chi connectivity index (χ2v) is 7.54. The van der Waals surface area contributed by atoms with Crippen molar-refractivity contribution in [2.24, 2.45) is 0 Å². The molecule has 4 aromatic rings. The van der Waals surface area contributed by atoms with Gasteiger partial charge in [-0.1, -0.05) is 41.9 Å². The number of benzene rings is 2. The van der Waals surface area contributed by atoms with Crippen molar-refractivity contribution in [2.45, 2.75) is 6.04 Å². The van der Waals surface area contributed by atoms with Crippen LogP contribution in [0.15, 0.2) is 78.3 Å². The van der Waals surface area contributed by atoms with Gasteiger partial charge in [0, 0.05) is 16.0 Å². The van der Waals surface area contributed by atoms with Gasteiger partial charge in [0.2, 0.25) is 5.91 Å². The van der Waals surface area contributed by atoms with Crippen LogP contribution in [0.4, 0.5) is 0 Å². The third-order valence-corrected chi connectivity index (χ3v) is 5.38. The normalized spacial score (nSPS) is 12.3. The minimum absolute atomic E-state index is 0.205. The summed E-state index contributed by atoms with van der Waals surface area (Å²) in [7, 11) is 0. The van der Waals surface area contributed by atoms with Gasteiger partial charge < -0.3 is 5.32 Å². The Morgan fingerprint density at radius 1 is 1.04 bits per heavy atom. The first-order valence-corrected chi connectivity index (χ1v) is 9.94. The minimum Gasteiger partial charge on any atom is -0.341 e. The van der Waals surface area contributed by atoms with Crippen LogP contribution in [0.1, 0.15) is 22.2 Å². The van der Waals surface area contributed by atoms with Crippen LogP contribution >= 0.6 is 22.9 Å². The molecule has 0 radical (unpaired) electrons. The maximum Gasteiger partial charge on any atom is 0.244 e. The van der Waals surface area contributed by atoms with Gasteiger partial charge in [0.05, 0.1) is 29.0 Å². The van der Waals surface area contributed by atoms with Gasteiger partial charge in [-0.2, -0.15) is 0 Å². The number of carbonyl (C=O) groups excluding carboxylic acids is 1. The number of carbonyl (C=O) groups is 1. The van der Waals surface area contributed by atoms with Crippen molar-refractivity contribution in [3.8, 4) is 0 Å². The van der Waals surface area contributed by atoms with E-state index in [1.165, 1.54) is 6.08 Å². The van der Waals surface area contributed by atoms with E-state index in [9.17, 15) is 4.79 Å². The Bertz CT molecular complexity index is 1120. The molecule has 2 aromatic carbocycles. The number of fused-ring (bicyclic) bond motifs is 1. The summed E-state index contributed by atoms with van der Waals surface area (Å²) >= 11 is 7.59. The summed E-state index contributed by atoms with van der Waals surface area (Å²) in [4.78, 5) is 22.5. The number of nitrogens with zero attached hydrogens (tertiary/aromatic N) is 2. The molecule has 1 atom stereocenters. The van der Waals surface area contributed by atoms with Crippen molar-refractivity contribution in [2.75, 3.05) is 0 Å². The van der Waals surface area contributed by atoms with Crippen molar-refractivity contribution >= 4 is 46.0 Å². The van der Waals surface area contributed by atoms with Gasteiger partial charge in [-0.25, -0.2) is 4.98 Å². The summed E-state index contributed by atoms with van der Waals surface area (Å²) < 4.78 is 0. The zero-order valence-electron chi connectivity index (χ0n) is 14.7. The molecule has 4 nitrogen and oxygen atoms in total. The van der Waals surface area contributed by atoms with Gasteiger partial charge in [-0.05, 0) is 47.4 Å². The average molecular weight is 406 g/mol. The third kappa shape index (κ3) is 4.27. The molecule has 1 amide bonds. The number of nitrogens with one attached hydrogen (secondary N) is 1. The van der Waals surface area contributed by atoms with Gasteiger partial charge in [-0.3, -0.25) is 9.78 Å². The molecule has 28 heavy (non-hydrogen) atoms. The van der Waals surface area contributed by atoms with Crippen molar-refractivity contribution in [1.82, 2.24) is 15.3 Å². The number of hydrogen-bond donors (Lipinski definition) is 1. The van der Waals surface area contributed by atoms with Crippen LogP contribution in [0.5, 0.6) is 0 Å². The predicted molar refractivity (Wildman–Crippen MR) is 114 cm³/mol. The highest BCUT2D eigenvalue weighted by atomic mass is 35.5. The topological polar surface area (TPSA) is 54.9 Å². The first kappa shape index (κ1) is 18.3. The predicted octanol–water partition coefficient (Wildman–Crippen LogP) is 5.26. The lowest BCUT2D eigenvalue weighted by molar-refractivity contribution is -0.116. The first-order chi connectivity index (χ1) is 13.7. The maximum absolute atomic E-state index is 12.6. The Balaban J connectivity index is 1.53. The Hall–Kier alpha value is -3.02. The summed E-state index contributed by atoms with van der Waals surface area (Å²) in [6, 6.07) is 18.9. The van der Waals surface area contributed by atoms with Crippen LogP contribution in [-0.4, -0.2) is 15.9 Å². The minimum atomic E-state index is -0.239. The molecule has 0 aliphatic carbocycles. The highest BCUT2D eigenvalue weighted by molar-refractivity contribution is 7.10. The average Bonchev–Trinajstić information content (AvgIpc) is 3.26. The fourth-order valence-electron chi connectivity index (χ4n) is 2.83. The Morgan fingerprint density at radius 2 is 1.82 bits per heavy atom. The van der Waals surface area contributed by atoms with Gasteiger partial charge in [0.1, 0.15) is 0 Å².